The fourth-order valence-electron chi connectivity index (χ4n) is 2.33. The van der Waals surface area contributed by atoms with Crippen molar-refractivity contribution in [2.75, 3.05) is 5.73 Å². The number of rotatable bonds is 3. The Balaban J connectivity index is 1.76. The molecular weight excluding hydrogens is 288 g/mol. The molecule has 10 heteroatoms. The van der Waals surface area contributed by atoms with Gasteiger partial charge in [-0.05, 0) is 42.9 Å². The molecule has 2 aromatic heterocycles. The smallest absolute Gasteiger partial charge is 0.293 e. The molecule has 1 saturated carbocycles. The van der Waals surface area contributed by atoms with Gasteiger partial charge in [0.2, 0.25) is 11.6 Å². The molecule has 1 fully saturated rings. The van der Waals surface area contributed by atoms with Crippen LogP contribution in [0.5, 0.6) is 0 Å². The number of amides is 1. The third-order valence-electron chi connectivity index (χ3n) is 3.55. The van der Waals surface area contributed by atoms with Crippen molar-refractivity contribution in [2.45, 2.75) is 39.0 Å². The quantitative estimate of drug-likeness (QED) is 0.791. The summed E-state index contributed by atoms with van der Waals surface area (Å²) >= 11 is 0. The summed E-state index contributed by atoms with van der Waals surface area (Å²) in [7, 11) is 0. The maximum absolute atomic E-state index is 12.2. The molecule has 2 aromatic rings. The van der Waals surface area contributed by atoms with Gasteiger partial charge in [0.05, 0.1) is 5.69 Å². The van der Waals surface area contributed by atoms with Gasteiger partial charge in [-0.15, -0.1) is 5.10 Å². The zero-order valence-corrected chi connectivity index (χ0v) is 12.1. The van der Waals surface area contributed by atoms with Crippen LogP contribution in [-0.4, -0.2) is 36.9 Å². The van der Waals surface area contributed by atoms with Crippen LogP contribution in [0.25, 0.3) is 5.82 Å². The monoisotopic (exact) mass is 304 g/mol. The second-order valence-electron chi connectivity index (χ2n) is 5.09. The van der Waals surface area contributed by atoms with Crippen molar-refractivity contribution in [1.82, 2.24) is 30.7 Å². The number of hydrogen-bond donors (Lipinski definition) is 2. The predicted molar refractivity (Wildman–Crippen MR) is 76.4 cm³/mol. The van der Waals surface area contributed by atoms with Crippen LogP contribution in [-0.2, 0) is 0 Å². The van der Waals surface area contributed by atoms with Gasteiger partial charge in [0.1, 0.15) is 0 Å². The minimum Gasteiger partial charge on any atom is -0.378 e. The Labute approximate surface area is 125 Å². The third-order valence-corrected chi connectivity index (χ3v) is 3.55. The van der Waals surface area contributed by atoms with E-state index in [9.17, 15) is 4.79 Å². The molecular formula is C12H16N8O2. The zero-order valence-electron chi connectivity index (χ0n) is 12.1. The summed E-state index contributed by atoms with van der Waals surface area (Å²) < 4.78 is 5.82. The number of nitrogen functional groups attached to an aromatic ring is 1. The van der Waals surface area contributed by atoms with E-state index < -0.39 is 5.91 Å². The SMILES string of the molecule is Cc1c(C(=O)NN=C2CCCCC2)nnn1-c1nonc1N. The highest BCUT2D eigenvalue weighted by Gasteiger charge is 2.20. The standard InChI is InChI=1S/C12H16N8O2/c1-7-9(12(21)16-14-8-5-3-2-4-6-8)15-19-20(7)11-10(13)17-22-18-11/h2-6H2,1H3,(H2,13,17)(H,16,21). The van der Waals surface area contributed by atoms with Gasteiger partial charge in [-0.1, -0.05) is 11.6 Å². The summed E-state index contributed by atoms with van der Waals surface area (Å²) in [5.74, 6) is -0.151. The molecule has 0 radical (unpaired) electrons. The molecule has 1 aliphatic carbocycles. The number of anilines is 1. The summed E-state index contributed by atoms with van der Waals surface area (Å²) in [5.41, 5.74) is 9.77. The summed E-state index contributed by atoms with van der Waals surface area (Å²) in [6.45, 7) is 1.68. The number of nitrogens with one attached hydrogen (secondary N) is 1. The largest absolute Gasteiger partial charge is 0.378 e. The normalized spacial score (nSPS) is 14.9. The lowest BCUT2D eigenvalue weighted by Crippen LogP contribution is -2.22. The van der Waals surface area contributed by atoms with Crippen molar-refractivity contribution >= 4 is 17.4 Å². The van der Waals surface area contributed by atoms with Crippen molar-refractivity contribution in [3.8, 4) is 5.82 Å². The molecule has 1 amide bonds. The van der Waals surface area contributed by atoms with E-state index in [0.717, 1.165) is 31.4 Å². The molecule has 0 spiro atoms. The van der Waals surface area contributed by atoms with Gasteiger partial charge < -0.3 is 5.73 Å². The first-order valence-corrected chi connectivity index (χ1v) is 7.03. The molecule has 3 N–H and O–H groups in total. The molecule has 1 aliphatic rings. The second kappa shape index (κ2) is 5.92. The molecule has 0 saturated heterocycles. The lowest BCUT2D eigenvalue weighted by molar-refractivity contribution is 0.0949. The first-order chi connectivity index (χ1) is 10.7. The van der Waals surface area contributed by atoms with Crippen LogP contribution in [0.3, 0.4) is 0 Å². The van der Waals surface area contributed by atoms with Gasteiger partial charge in [-0.2, -0.15) is 9.78 Å². The number of nitrogens with two attached hydrogens (primary N) is 1. The Bertz CT molecular complexity index is 709. The lowest BCUT2D eigenvalue weighted by Gasteiger charge is -2.11. The first kappa shape index (κ1) is 14.2. The van der Waals surface area contributed by atoms with Crippen LogP contribution in [0.4, 0.5) is 5.82 Å². The predicted octanol–water partition coefficient (Wildman–Crippen LogP) is 0.591. The maximum Gasteiger partial charge on any atom is 0.293 e. The lowest BCUT2D eigenvalue weighted by atomic mass is 9.99. The van der Waals surface area contributed by atoms with Gasteiger partial charge in [0.15, 0.2) is 5.69 Å². The van der Waals surface area contributed by atoms with Crippen LogP contribution >= 0.6 is 0 Å². The van der Waals surface area contributed by atoms with E-state index in [-0.39, 0.29) is 17.3 Å². The molecule has 3 rings (SSSR count). The number of carbonyl (C=O) groups is 1. The molecule has 2 heterocycles. The average Bonchev–Trinajstić information content (AvgIpc) is 3.11. The van der Waals surface area contributed by atoms with Gasteiger partial charge in [0, 0.05) is 5.71 Å². The van der Waals surface area contributed by atoms with Crippen molar-refractivity contribution < 1.29 is 9.42 Å². The number of hydrazone groups is 1. The van der Waals surface area contributed by atoms with E-state index in [1.54, 1.807) is 6.92 Å². The Hall–Kier alpha value is -2.78. The minimum atomic E-state index is -0.420. The van der Waals surface area contributed by atoms with Crippen LogP contribution in [0, 0.1) is 6.92 Å². The Kier molecular flexibility index (Phi) is 3.81. The number of hydrogen-bond acceptors (Lipinski definition) is 8. The van der Waals surface area contributed by atoms with Gasteiger partial charge in [-0.25, -0.2) is 10.1 Å². The van der Waals surface area contributed by atoms with E-state index in [2.05, 4.69) is 35.8 Å². The zero-order chi connectivity index (χ0) is 15.5. The molecule has 0 unspecified atom stereocenters. The topological polar surface area (TPSA) is 137 Å². The Morgan fingerprint density at radius 3 is 2.77 bits per heavy atom. The number of aromatic nitrogens is 5. The highest BCUT2D eigenvalue weighted by Crippen LogP contribution is 2.16. The van der Waals surface area contributed by atoms with Crippen molar-refractivity contribution in [3.63, 3.8) is 0 Å². The fourth-order valence-corrected chi connectivity index (χ4v) is 2.33. The van der Waals surface area contributed by atoms with Gasteiger partial charge in [-0.3, -0.25) is 4.79 Å². The first-order valence-electron chi connectivity index (χ1n) is 7.03. The summed E-state index contributed by atoms with van der Waals surface area (Å²) in [4.78, 5) is 12.2. The third kappa shape index (κ3) is 2.67. The average molecular weight is 304 g/mol. The van der Waals surface area contributed by atoms with E-state index in [1.807, 2.05) is 0 Å². The highest BCUT2D eigenvalue weighted by atomic mass is 16.6. The molecule has 0 aromatic carbocycles. The number of nitrogens with zero attached hydrogens (tertiary/aromatic N) is 6. The Morgan fingerprint density at radius 1 is 1.32 bits per heavy atom. The highest BCUT2D eigenvalue weighted by molar-refractivity contribution is 5.94. The Morgan fingerprint density at radius 2 is 2.09 bits per heavy atom. The summed E-state index contributed by atoms with van der Waals surface area (Å²) in [6, 6.07) is 0. The molecule has 10 nitrogen and oxygen atoms in total. The molecule has 0 bridgehead atoms. The number of carbonyl (C=O) groups excluding carboxylic acids is 1. The molecule has 0 atom stereocenters. The van der Waals surface area contributed by atoms with Crippen molar-refractivity contribution in [1.29, 1.82) is 0 Å². The summed E-state index contributed by atoms with van der Waals surface area (Å²) in [5, 5.41) is 18.9. The molecule has 22 heavy (non-hydrogen) atoms. The van der Waals surface area contributed by atoms with Crippen molar-refractivity contribution in [3.05, 3.63) is 11.4 Å². The van der Waals surface area contributed by atoms with E-state index in [4.69, 9.17) is 5.73 Å². The van der Waals surface area contributed by atoms with Crippen LogP contribution < -0.4 is 11.2 Å². The van der Waals surface area contributed by atoms with Crippen LogP contribution in [0.2, 0.25) is 0 Å². The van der Waals surface area contributed by atoms with E-state index in [0.29, 0.717) is 5.69 Å². The van der Waals surface area contributed by atoms with Crippen molar-refractivity contribution in [2.24, 2.45) is 5.10 Å². The second-order valence-corrected chi connectivity index (χ2v) is 5.09. The van der Waals surface area contributed by atoms with Gasteiger partial charge >= 0.3 is 0 Å². The van der Waals surface area contributed by atoms with Crippen LogP contribution in [0.1, 0.15) is 48.3 Å². The van der Waals surface area contributed by atoms with Crippen LogP contribution in [0.15, 0.2) is 9.73 Å². The summed E-state index contributed by atoms with van der Waals surface area (Å²) in [6.07, 6.45) is 5.29. The molecule has 116 valence electrons. The van der Waals surface area contributed by atoms with E-state index >= 15 is 0 Å². The van der Waals surface area contributed by atoms with Gasteiger partial charge in [0.25, 0.3) is 5.91 Å². The maximum atomic E-state index is 12.2. The minimum absolute atomic E-state index is 0.0717. The molecule has 0 aliphatic heterocycles. The fraction of sp³-hybridized carbons (Fsp3) is 0.500. The van der Waals surface area contributed by atoms with E-state index in [1.165, 1.54) is 11.1 Å².